The van der Waals surface area contributed by atoms with E-state index in [2.05, 4.69) is 30.9 Å². The molecule has 0 atom stereocenters. The van der Waals surface area contributed by atoms with E-state index >= 15 is 0 Å². The Labute approximate surface area is 148 Å². The van der Waals surface area contributed by atoms with Gasteiger partial charge in [-0.3, -0.25) is 4.98 Å². The van der Waals surface area contributed by atoms with Crippen LogP contribution in [0.15, 0.2) is 41.1 Å². The maximum atomic E-state index is 13.6. The molecular weight excluding hydrogens is 409 g/mol. The van der Waals surface area contributed by atoms with Crippen molar-refractivity contribution in [2.24, 2.45) is 0 Å². The van der Waals surface area contributed by atoms with Gasteiger partial charge in [0.25, 0.3) is 6.43 Å². The molecule has 3 aromatic rings. The van der Waals surface area contributed by atoms with E-state index in [-0.39, 0.29) is 16.5 Å². The summed E-state index contributed by atoms with van der Waals surface area (Å²) < 4.78 is 40.5. The average Bonchev–Trinajstić information content (AvgIpc) is 2.52. The van der Waals surface area contributed by atoms with Crippen LogP contribution < -0.4 is 4.90 Å². The van der Waals surface area contributed by atoms with E-state index in [0.717, 1.165) is 0 Å². The molecule has 24 heavy (non-hydrogen) atoms. The first-order chi connectivity index (χ1) is 11.4. The average molecular weight is 418 g/mol. The molecule has 2 aromatic heterocycles. The number of hydrogen-bond acceptors (Lipinski definition) is 4. The second kappa shape index (κ2) is 6.90. The molecule has 1 aromatic carbocycles. The van der Waals surface area contributed by atoms with Crippen molar-refractivity contribution in [1.82, 2.24) is 15.0 Å². The normalized spacial score (nSPS) is 11.2. The van der Waals surface area contributed by atoms with Gasteiger partial charge in [0.15, 0.2) is 0 Å². The topological polar surface area (TPSA) is 41.9 Å². The van der Waals surface area contributed by atoms with E-state index in [0.29, 0.717) is 15.7 Å². The van der Waals surface area contributed by atoms with Crippen molar-refractivity contribution >= 4 is 49.9 Å². The number of anilines is 2. The van der Waals surface area contributed by atoms with Gasteiger partial charge in [0.1, 0.15) is 11.6 Å². The number of aromatic nitrogens is 3. The molecule has 0 saturated carbocycles. The van der Waals surface area contributed by atoms with Crippen molar-refractivity contribution in [1.29, 1.82) is 0 Å². The summed E-state index contributed by atoms with van der Waals surface area (Å²) >= 11 is 9.16. The lowest BCUT2D eigenvalue weighted by Gasteiger charge is -2.24. The summed E-state index contributed by atoms with van der Waals surface area (Å²) in [4.78, 5) is 13.2. The third-order valence-corrected chi connectivity index (χ3v) is 3.79. The van der Waals surface area contributed by atoms with Gasteiger partial charge in [-0.25, -0.2) is 18.2 Å². The molecule has 124 valence electrons. The van der Waals surface area contributed by atoms with Crippen molar-refractivity contribution < 1.29 is 13.2 Å². The Kier molecular flexibility index (Phi) is 4.86. The maximum absolute atomic E-state index is 13.6. The Morgan fingerprint density at radius 3 is 2.67 bits per heavy atom. The molecule has 0 aliphatic carbocycles. The zero-order chi connectivity index (χ0) is 17.3. The zero-order valence-electron chi connectivity index (χ0n) is 11.9. The number of nitrogens with zero attached hydrogens (tertiary/aromatic N) is 4. The molecule has 4 nitrogen and oxygen atoms in total. The number of fused-ring (bicyclic) bond motifs is 1. The van der Waals surface area contributed by atoms with Crippen LogP contribution in [0.1, 0.15) is 0 Å². The number of alkyl halides is 2. The molecule has 0 aliphatic heterocycles. The number of halogens is 5. The summed E-state index contributed by atoms with van der Waals surface area (Å²) in [6.45, 7) is -0.656. The van der Waals surface area contributed by atoms with Gasteiger partial charge in [0.05, 0.1) is 23.9 Å². The van der Waals surface area contributed by atoms with Gasteiger partial charge in [0.2, 0.25) is 5.28 Å². The molecule has 0 spiro atoms. The highest BCUT2D eigenvalue weighted by molar-refractivity contribution is 9.10. The zero-order valence-corrected chi connectivity index (χ0v) is 14.3. The van der Waals surface area contributed by atoms with Crippen molar-refractivity contribution in [2.45, 2.75) is 6.43 Å². The van der Waals surface area contributed by atoms with Crippen LogP contribution in [-0.2, 0) is 0 Å². The fourth-order valence-corrected chi connectivity index (χ4v) is 2.79. The monoisotopic (exact) mass is 416 g/mol. The molecule has 3 rings (SSSR count). The van der Waals surface area contributed by atoms with E-state index < -0.39 is 18.8 Å². The lowest BCUT2D eigenvalue weighted by Crippen LogP contribution is -2.25. The summed E-state index contributed by atoms with van der Waals surface area (Å²) in [7, 11) is 0. The van der Waals surface area contributed by atoms with E-state index in [9.17, 15) is 13.2 Å². The van der Waals surface area contributed by atoms with Crippen LogP contribution >= 0.6 is 27.5 Å². The molecule has 0 aliphatic rings. The van der Waals surface area contributed by atoms with Crippen molar-refractivity contribution in [3.63, 3.8) is 0 Å². The molecule has 0 amide bonds. The molecule has 0 fully saturated rings. The molecule has 0 unspecified atom stereocenters. The van der Waals surface area contributed by atoms with Crippen LogP contribution in [0.3, 0.4) is 0 Å². The minimum absolute atomic E-state index is 0.0877. The van der Waals surface area contributed by atoms with Crippen molar-refractivity contribution in [2.75, 3.05) is 11.4 Å². The summed E-state index contributed by atoms with van der Waals surface area (Å²) in [5.74, 6) is -0.441. The van der Waals surface area contributed by atoms with Crippen LogP contribution in [-0.4, -0.2) is 27.9 Å². The number of benzene rings is 1. The van der Waals surface area contributed by atoms with E-state index in [1.54, 1.807) is 6.07 Å². The van der Waals surface area contributed by atoms with E-state index in [4.69, 9.17) is 11.6 Å². The van der Waals surface area contributed by atoms with Crippen LogP contribution in [0.4, 0.5) is 24.7 Å². The van der Waals surface area contributed by atoms with Gasteiger partial charge < -0.3 is 4.90 Å². The fraction of sp³-hybridized carbons (Fsp3) is 0.133. The first-order valence-corrected chi connectivity index (χ1v) is 7.90. The third-order valence-electron chi connectivity index (χ3n) is 3.19. The van der Waals surface area contributed by atoms with Gasteiger partial charge >= 0.3 is 0 Å². The highest BCUT2D eigenvalue weighted by Gasteiger charge is 2.21. The number of hydrogen-bond donors (Lipinski definition) is 0. The van der Waals surface area contributed by atoms with Gasteiger partial charge in [-0.1, -0.05) is 0 Å². The molecule has 0 N–H and O–H groups in total. The molecular formula is C15H9BrClF3N4. The van der Waals surface area contributed by atoms with Gasteiger partial charge in [-0.05, 0) is 51.8 Å². The van der Waals surface area contributed by atoms with Gasteiger partial charge in [0, 0.05) is 16.1 Å². The highest BCUT2D eigenvalue weighted by atomic mass is 79.9. The quantitative estimate of drug-likeness (QED) is 0.561. The Morgan fingerprint density at radius 1 is 1.17 bits per heavy atom. The highest BCUT2D eigenvalue weighted by Crippen LogP contribution is 2.32. The standard InChI is InChI=1S/C15H9BrClF3N4/c16-8-3-10(6-21-5-8)24(7-13(19)20)14-11-4-9(18)1-2-12(11)22-15(17)23-14/h1-6,13H,7H2. The smallest absolute Gasteiger partial charge is 0.256 e. The lowest BCUT2D eigenvalue weighted by molar-refractivity contribution is 0.158. The summed E-state index contributed by atoms with van der Waals surface area (Å²) in [6.07, 6.45) is 0.282. The third kappa shape index (κ3) is 3.59. The molecule has 9 heteroatoms. The van der Waals surface area contributed by atoms with Crippen LogP contribution in [0.2, 0.25) is 5.28 Å². The van der Waals surface area contributed by atoms with Crippen molar-refractivity contribution in [3.8, 4) is 0 Å². The van der Waals surface area contributed by atoms with Crippen LogP contribution in [0.25, 0.3) is 10.9 Å². The maximum Gasteiger partial charge on any atom is 0.256 e. The summed E-state index contributed by atoms with van der Waals surface area (Å²) in [5, 5.41) is 0.159. The molecule has 2 heterocycles. The lowest BCUT2D eigenvalue weighted by atomic mass is 10.2. The number of pyridine rings is 1. The predicted octanol–water partition coefficient (Wildman–Crippen LogP) is 4.98. The summed E-state index contributed by atoms with van der Waals surface area (Å²) in [5.41, 5.74) is 0.721. The van der Waals surface area contributed by atoms with Gasteiger partial charge in [-0.2, -0.15) is 4.98 Å². The fourth-order valence-electron chi connectivity index (χ4n) is 2.26. The Bertz CT molecular complexity index is 894. The molecule has 0 saturated heterocycles. The van der Waals surface area contributed by atoms with Crippen LogP contribution in [0.5, 0.6) is 0 Å². The van der Waals surface area contributed by atoms with Crippen molar-refractivity contribution in [3.05, 3.63) is 52.2 Å². The first-order valence-electron chi connectivity index (χ1n) is 6.73. The predicted molar refractivity (Wildman–Crippen MR) is 89.5 cm³/mol. The Balaban J connectivity index is 2.24. The summed E-state index contributed by atoms with van der Waals surface area (Å²) in [6, 6.07) is 5.43. The second-order valence-corrected chi connectivity index (χ2v) is 6.09. The molecule has 0 radical (unpaired) electrons. The minimum atomic E-state index is -2.65. The first kappa shape index (κ1) is 16.9. The van der Waals surface area contributed by atoms with Gasteiger partial charge in [-0.15, -0.1) is 0 Å². The number of rotatable bonds is 4. The minimum Gasteiger partial charge on any atom is -0.319 e. The largest absolute Gasteiger partial charge is 0.319 e. The van der Waals surface area contributed by atoms with E-state index in [1.807, 2.05) is 0 Å². The van der Waals surface area contributed by atoms with E-state index in [1.165, 1.54) is 35.5 Å². The SMILES string of the molecule is Fc1ccc2nc(Cl)nc(N(CC(F)F)c3cncc(Br)c3)c2c1. The van der Waals surface area contributed by atoms with Crippen LogP contribution in [0, 0.1) is 5.82 Å². The molecule has 0 bridgehead atoms. The Morgan fingerprint density at radius 2 is 1.96 bits per heavy atom. The second-order valence-electron chi connectivity index (χ2n) is 4.84. The Hall–Kier alpha value is -1.93.